The molecule has 5 fully saturated rings. The quantitative estimate of drug-likeness (QED) is 0.379. The van der Waals surface area contributed by atoms with E-state index in [-0.39, 0.29) is 0 Å². The van der Waals surface area contributed by atoms with Gasteiger partial charge in [-0.1, -0.05) is 55.4 Å². The van der Waals surface area contributed by atoms with Gasteiger partial charge in [-0.25, -0.2) is 0 Å². The largest absolute Gasteiger partial charge is 0.300 e. The molecule has 1 heteroatoms. The highest BCUT2D eigenvalue weighted by Crippen LogP contribution is 2.78. The third kappa shape index (κ3) is 2.76. The van der Waals surface area contributed by atoms with Gasteiger partial charge in [-0.15, -0.1) is 0 Å². The molecule has 9 atom stereocenters. The van der Waals surface area contributed by atoms with E-state index >= 15 is 0 Å². The second-order valence-corrected chi connectivity index (χ2v) is 15.4. The first-order chi connectivity index (χ1) is 14.2. The zero-order valence-corrected chi connectivity index (χ0v) is 22.0. The monoisotopic (exact) mass is 426 g/mol. The maximum atomic E-state index is 12.8. The smallest absolute Gasteiger partial charge is 0.133 e. The van der Waals surface area contributed by atoms with E-state index in [1.165, 1.54) is 57.8 Å². The van der Waals surface area contributed by atoms with Crippen molar-refractivity contribution in [3.05, 3.63) is 0 Å². The van der Waals surface area contributed by atoms with Crippen molar-refractivity contribution in [2.45, 2.75) is 126 Å². The maximum Gasteiger partial charge on any atom is 0.133 e. The molecule has 0 aromatic heterocycles. The Morgan fingerprint density at radius 2 is 1.26 bits per heavy atom. The fourth-order valence-corrected chi connectivity index (χ4v) is 11.1. The highest BCUT2D eigenvalue weighted by Gasteiger charge is 2.70. The van der Waals surface area contributed by atoms with Gasteiger partial charge < -0.3 is 0 Å². The molecule has 0 aliphatic heterocycles. The summed E-state index contributed by atoms with van der Waals surface area (Å²) < 4.78 is 0. The van der Waals surface area contributed by atoms with E-state index in [0.29, 0.717) is 50.1 Å². The summed E-state index contributed by atoms with van der Waals surface area (Å²) in [6.45, 7) is 20.8. The fraction of sp³-hybridized carbons (Fsp3) is 0.967. The Balaban J connectivity index is 1.56. The molecule has 176 valence electrons. The molecule has 5 aliphatic rings. The second kappa shape index (κ2) is 6.41. The van der Waals surface area contributed by atoms with Crippen LogP contribution in [-0.4, -0.2) is 5.78 Å². The minimum atomic E-state index is 0.351. The van der Waals surface area contributed by atoms with Crippen molar-refractivity contribution in [1.82, 2.24) is 0 Å². The van der Waals surface area contributed by atoms with Crippen LogP contribution in [-0.2, 0) is 4.79 Å². The average Bonchev–Trinajstić information content (AvgIpc) is 2.67. The number of ketones is 1. The first-order valence-corrected chi connectivity index (χ1v) is 13.7. The van der Waals surface area contributed by atoms with Crippen LogP contribution in [0.15, 0.2) is 0 Å². The molecule has 0 heterocycles. The predicted molar refractivity (Wildman–Crippen MR) is 130 cm³/mol. The van der Waals surface area contributed by atoms with Crippen LogP contribution in [0.3, 0.4) is 0 Å². The minimum absolute atomic E-state index is 0.351. The van der Waals surface area contributed by atoms with Gasteiger partial charge in [0.15, 0.2) is 0 Å². The van der Waals surface area contributed by atoms with E-state index in [1.54, 1.807) is 0 Å². The molecule has 5 saturated carbocycles. The molecule has 1 nitrogen and oxygen atoms in total. The summed E-state index contributed by atoms with van der Waals surface area (Å²) in [5.41, 5.74) is 2.67. The third-order valence-corrected chi connectivity index (χ3v) is 13.7. The normalized spacial score (nSPS) is 58.5. The van der Waals surface area contributed by atoms with Gasteiger partial charge >= 0.3 is 0 Å². The fourth-order valence-electron chi connectivity index (χ4n) is 11.1. The lowest BCUT2D eigenvalue weighted by Crippen LogP contribution is -2.67. The van der Waals surface area contributed by atoms with Crippen molar-refractivity contribution in [2.75, 3.05) is 0 Å². The summed E-state index contributed by atoms with van der Waals surface area (Å²) in [6.07, 6.45) is 14.3. The standard InChI is InChI=1S/C30H50O/c1-20-17-21(31)18-23-27(20,5)10-9-22-28(23,6)14-16-30(8)24-19-25(2,3)11-12-26(24,4)13-15-29(22,30)7/h20,22-24H,9-19H2,1-8H3. The summed E-state index contributed by atoms with van der Waals surface area (Å²) >= 11 is 0. The Hall–Kier alpha value is -0.330. The molecule has 9 unspecified atom stereocenters. The molecule has 0 aromatic carbocycles. The van der Waals surface area contributed by atoms with Crippen LogP contribution in [0.25, 0.3) is 0 Å². The summed E-state index contributed by atoms with van der Waals surface area (Å²) in [6, 6.07) is 0. The lowest BCUT2D eigenvalue weighted by atomic mass is 9.30. The Labute approximate surface area is 192 Å². The maximum absolute atomic E-state index is 12.8. The Kier molecular flexibility index (Phi) is 4.65. The number of Topliss-reactive ketones (excluding diaryl/α,β-unsaturated/α-hetero) is 1. The number of hydrogen-bond donors (Lipinski definition) is 0. The summed E-state index contributed by atoms with van der Waals surface area (Å²) in [7, 11) is 0. The molecular formula is C30H50O. The van der Waals surface area contributed by atoms with Crippen molar-refractivity contribution in [3.8, 4) is 0 Å². The van der Waals surface area contributed by atoms with Crippen LogP contribution in [0.5, 0.6) is 0 Å². The van der Waals surface area contributed by atoms with Crippen molar-refractivity contribution >= 4 is 5.78 Å². The molecule has 0 spiro atoms. The highest BCUT2D eigenvalue weighted by atomic mass is 16.1. The summed E-state index contributed by atoms with van der Waals surface area (Å²) in [5, 5.41) is 0. The molecule has 0 saturated heterocycles. The molecule has 0 N–H and O–H groups in total. The van der Waals surface area contributed by atoms with Crippen molar-refractivity contribution in [1.29, 1.82) is 0 Å². The minimum Gasteiger partial charge on any atom is -0.300 e. The number of carbonyl (C=O) groups is 1. The van der Waals surface area contributed by atoms with E-state index in [0.717, 1.165) is 24.7 Å². The zero-order chi connectivity index (χ0) is 22.7. The van der Waals surface area contributed by atoms with Crippen LogP contribution in [0.2, 0.25) is 0 Å². The lowest BCUT2D eigenvalue weighted by molar-refractivity contribution is -0.256. The number of fused-ring (bicyclic) bond motifs is 7. The van der Waals surface area contributed by atoms with E-state index in [1.807, 2.05) is 0 Å². The number of carbonyl (C=O) groups excluding carboxylic acids is 1. The van der Waals surface area contributed by atoms with Crippen LogP contribution >= 0.6 is 0 Å². The van der Waals surface area contributed by atoms with Crippen LogP contribution in [0.1, 0.15) is 126 Å². The van der Waals surface area contributed by atoms with Gasteiger partial charge in [-0.2, -0.15) is 0 Å². The summed E-state index contributed by atoms with van der Waals surface area (Å²) in [5.74, 6) is 3.39. The lowest BCUT2D eigenvalue weighted by Gasteiger charge is -2.74. The Morgan fingerprint density at radius 1 is 0.645 bits per heavy atom. The topological polar surface area (TPSA) is 17.1 Å². The van der Waals surface area contributed by atoms with Crippen molar-refractivity contribution in [3.63, 3.8) is 0 Å². The molecule has 0 radical (unpaired) electrons. The first-order valence-electron chi connectivity index (χ1n) is 13.7. The van der Waals surface area contributed by atoms with Crippen molar-refractivity contribution < 1.29 is 4.79 Å². The van der Waals surface area contributed by atoms with Gasteiger partial charge in [0.1, 0.15) is 5.78 Å². The molecule has 5 rings (SSSR count). The third-order valence-electron chi connectivity index (χ3n) is 13.7. The van der Waals surface area contributed by atoms with Crippen LogP contribution in [0.4, 0.5) is 0 Å². The Bertz CT molecular complexity index is 781. The summed E-state index contributed by atoms with van der Waals surface area (Å²) in [4.78, 5) is 12.8. The Morgan fingerprint density at radius 3 is 1.97 bits per heavy atom. The number of hydrogen-bond acceptors (Lipinski definition) is 1. The van der Waals surface area contributed by atoms with Gasteiger partial charge in [0.25, 0.3) is 0 Å². The van der Waals surface area contributed by atoms with Crippen LogP contribution in [0, 0.1) is 56.2 Å². The first kappa shape index (κ1) is 22.5. The van der Waals surface area contributed by atoms with Gasteiger partial charge in [-0.3, -0.25) is 4.79 Å². The molecule has 0 bridgehead atoms. The van der Waals surface area contributed by atoms with Gasteiger partial charge in [0.2, 0.25) is 0 Å². The van der Waals surface area contributed by atoms with Gasteiger partial charge in [0, 0.05) is 12.8 Å². The predicted octanol–water partition coefficient (Wildman–Crippen LogP) is 8.46. The van der Waals surface area contributed by atoms with E-state index in [9.17, 15) is 4.79 Å². The van der Waals surface area contributed by atoms with Gasteiger partial charge in [-0.05, 0) is 114 Å². The molecule has 0 aromatic rings. The highest BCUT2D eigenvalue weighted by molar-refractivity contribution is 5.80. The average molecular weight is 427 g/mol. The van der Waals surface area contributed by atoms with E-state index in [2.05, 4.69) is 55.4 Å². The SMILES string of the molecule is CC1CC(=O)CC2C1(C)CCC1C2(C)CCC2(C)C3CC(C)(C)CCC3(C)CCC12C. The molecule has 5 aliphatic carbocycles. The molecule has 31 heavy (non-hydrogen) atoms. The zero-order valence-electron chi connectivity index (χ0n) is 22.0. The second-order valence-electron chi connectivity index (χ2n) is 15.4. The number of rotatable bonds is 0. The molecular weight excluding hydrogens is 376 g/mol. The van der Waals surface area contributed by atoms with E-state index < -0.39 is 0 Å². The van der Waals surface area contributed by atoms with Crippen LogP contribution < -0.4 is 0 Å². The van der Waals surface area contributed by atoms with Crippen molar-refractivity contribution in [2.24, 2.45) is 56.2 Å². The van der Waals surface area contributed by atoms with E-state index in [4.69, 9.17) is 0 Å². The van der Waals surface area contributed by atoms with Gasteiger partial charge in [0.05, 0.1) is 0 Å². The molecule has 0 amide bonds.